The molecule has 82 valence electrons. The molecule has 0 aromatic heterocycles. The average molecular weight is 212 g/mol. The van der Waals surface area contributed by atoms with Gasteiger partial charge in [0.05, 0.1) is 0 Å². The summed E-state index contributed by atoms with van der Waals surface area (Å²) in [6.07, 6.45) is -0.587. The summed E-state index contributed by atoms with van der Waals surface area (Å²) in [6, 6.07) is 4.06. The molecule has 0 saturated carbocycles. The van der Waals surface area contributed by atoms with Crippen LogP contribution in [0.4, 0.5) is 4.39 Å². The number of halogens is 1. The summed E-state index contributed by atoms with van der Waals surface area (Å²) in [5.74, 6) is -1.19. The van der Waals surface area contributed by atoms with E-state index in [0.717, 1.165) is 5.56 Å². The molecule has 0 amide bonds. The maximum absolute atomic E-state index is 12.9. The number of hydrogen-bond donors (Lipinski definition) is 1. The summed E-state index contributed by atoms with van der Waals surface area (Å²) in [7, 11) is 0. The van der Waals surface area contributed by atoms with E-state index < -0.39 is 17.9 Å². The second kappa shape index (κ2) is 4.77. The first-order chi connectivity index (χ1) is 7.04. The van der Waals surface area contributed by atoms with E-state index in [0.29, 0.717) is 6.42 Å². The smallest absolute Gasteiger partial charge is 0.344 e. The van der Waals surface area contributed by atoms with E-state index in [1.165, 1.54) is 12.1 Å². The highest BCUT2D eigenvalue weighted by atomic mass is 19.1. The fraction of sp³-hybridized carbons (Fsp3) is 0.364. The Balaban J connectivity index is 2.87. The first-order valence-electron chi connectivity index (χ1n) is 4.70. The fourth-order valence-corrected chi connectivity index (χ4v) is 1.16. The minimum absolute atomic E-state index is 0.282. The van der Waals surface area contributed by atoms with Crippen LogP contribution in [0.5, 0.6) is 5.75 Å². The van der Waals surface area contributed by atoms with Crippen LogP contribution in [0.25, 0.3) is 0 Å². The Morgan fingerprint density at radius 1 is 1.60 bits per heavy atom. The molecule has 0 aliphatic rings. The van der Waals surface area contributed by atoms with Crippen molar-refractivity contribution in [2.45, 2.75) is 26.4 Å². The summed E-state index contributed by atoms with van der Waals surface area (Å²) in [5.41, 5.74) is 0.719. The third-order valence-electron chi connectivity index (χ3n) is 2.07. The van der Waals surface area contributed by atoms with Crippen molar-refractivity contribution in [1.29, 1.82) is 0 Å². The van der Waals surface area contributed by atoms with Gasteiger partial charge in [0.1, 0.15) is 11.6 Å². The number of rotatable bonds is 4. The van der Waals surface area contributed by atoms with Gasteiger partial charge < -0.3 is 9.84 Å². The second-order valence-electron chi connectivity index (χ2n) is 3.26. The molecule has 1 N–H and O–H groups in total. The highest BCUT2D eigenvalue weighted by Gasteiger charge is 2.17. The number of carboxylic acid groups (broad SMARTS) is 1. The van der Waals surface area contributed by atoms with Crippen LogP contribution in [0.3, 0.4) is 0 Å². The molecule has 0 aliphatic heterocycles. The van der Waals surface area contributed by atoms with Gasteiger partial charge in [-0.1, -0.05) is 13.0 Å². The van der Waals surface area contributed by atoms with Crippen molar-refractivity contribution in [3.8, 4) is 5.75 Å². The molecule has 15 heavy (non-hydrogen) atoms. The van der Waals surface area contributed by atoms with E-state index in [-0.39, 0.29) is 5.75 Å². The molecule has 1 atom stereocenters. The highest BCUT2D eigenvalue weighted by Crippen LogP contribution is 2.20. The Morgan fingerprint density at radius 3 is 2.80 bits per heavy atom. The van der Waals surface area contributed by atoms with Crippen molar-refractivity contribution in [1.82, 2.24) is 0 Å². The molecule has 1 aromatic carbocycles. The maximum Gasteiger partial charge on any atom is 0.344 e. The van der Waals surface area contributed by atoms with E-state index in [1.54, 1.807) is 19.9 Å². The third-order valence-corrected chi connectivity index (χ3v) is 2.07. The summed E-state index contributed by atoms with van der Waals surface area (Å²) >= 11 is 0. The van der Waals surface area contributed by atoms with Gasteiger partial charge in [-0.25, -0.2) is 9.18 Å². The lowest BCUT2D eigenvalue weighted by molar-refractivity contribution is -0.145. The van der Waals surface area contributed by atoms with Gasteiger partial charge in [-0.15, -0.1) is 0 Å². The SMILES string of the molecule is CCC(Oc1cc(F)ccc1C)C(=O)O. The normalized spacial score (nSPS) is 12.2. The molecule has 0 bridgehead atoms. The van der Waals surface area contributed by atoms with Crippen molar-refractivity contribution < 1.29 is 19.0 Å². The Kier molecular flexibility index (Phi) is 3.66. The number of ether oxygens (including phenoxy) is 1. The quantitative estimate of drug-likeness (QED) is 0.833. The molecule has 0 spiro atoms. The van der Waals surface area contributed by atoms with Crippen molar-refractivity contribution in [2.75, 3.05) is 0 Å². The number of hydrogen-bond acceptors (Lipinski definition) is 2. The molecule has 0 heterocycles. The monoisotopic (exact) mass is 212 g/mol. The predicted octanol–water partition coefficient (Wildman–Crippen LogP) is 2.38. The summed E-state index contributed by atoms with van der Waals surface area (Å²) < 4.78 is 18.1. The third kappa shape index (κ3) is 2.94. The van der Waals surface area contributed by atoms with Gasteiger partial charge in [0.25, 0.3) is 0 Å². The first kappa shape index (κ1) is 11.5. The van der Waals surface area contributed by atoms with E-state index in [4.69, 9.17) is 9.84 Å². The highest BCUT2D eigenvalue weighted by molar-refractivity contribution is 5.72. The van der Waals surface area contributed by atoms with Gasteiger partial charge in [-0.3, -0.25) is 0 Å². The average Bonchev–Trinajstić information content (AvgIpc) is 2.18. The molecule has 1 aromatic rings. The van der Waals surface area contributed by atoms with Gasteiger partial charge in [0.2, 0.25) is 0 Å². The second-order valence-corrected chi connectivity index (χ2v) is 3.26. The lowest BCUT2D eigenvalue weighted by atomic mass is 10.2. The van der Waals surface area contributed by atoms with Gasteiger partial charge in [-0.2, -0.15) is 0 Å². The van der Waals surface area contributed by atoms with E-state index in [9.17, 15) is 9.18 Å². The number of benzene rings is 1. The Labute approximate surface area is 87.5 Å². The summed E-state index contributed by atoms with van der Waals surface area (Å²) in [5, 5.41) is 8.78. The minimum atomic E-state index is -1.04. The standard InChI is InChI=1S/C11H13FO3/c1-3-9(11(13)14)15-10-6-8(12)5-4-7(10)2/h4-6,9H,3H2,1-2H3,(H,13,14). The largest absolute Gasteiger partial charge is 0.479 e. The predicted molar refractivity (Wildman–Crippen MR) is 53.5 cm³/mol. The lowest BCUT2D eigenvalue weighted by Crippen LogP contribution is -2.26. The number of aliphatic carboxylic acids is 1. The Bertz CT molecular complexity index is 363. The first-order valence-corrected chi connectivity index (χ1v) is 4.70. The number of aryl methyl sites for hydroxylation is 1. The van der Waals surface area contributed by atoms with Crippen molar-refractivity contribution in [3.63, 3.8) is 0 Å². The lowest BCUT2D eigenvalue weighted by Gasteiger charge is -2.14. The van der Waals surface area contributed by atoms with Crippen LogP contribution in [0, 0.1) is 12.7 Å². The molecule has 0 saturated heterocycles. The van der Waals surface area contributed by atoms with Crippen LogP contribution in [-0.2, 0) is 4.79 Å². The fourth-order valence-electron chi connectivity index (χ4n) is 1.16. The Morgan fingerprint density at radius 2 is 2.27 bits per heavy atom. The van der Waals surface area contributed by atoms with Crippen LogP contribution in [0.1, 0.15) is 18.9 Å². The van der Waals surface area contributed by atoms with Crippen molar-refractivity contribution in [3.05, 3.63) is 29.6 Å². The molecule has 1 unspecified atom stereocenters. The van der Waals surface area contributed by atoms with E-state index in [2.05, 4.69) is 0 Å². The van der Waals surface area contributed by atoms with Crippen LogP contribution in [-0.4, -0.2) is 17.2 Å². The molecule has 1 rings (SSSR count). The van der Waals surface area contributed by atoms with Crippen LogP contribution >= 0.6 is 0 Å². The van der Waals surface area contributed by atoms with Crippen LogP contribution in [0.15, 0.2) is 18.2 Å². The summed E-state index contributed by atoms with van der Waals surface area (Å²) in [4.78, 5) is 10.7. The molecule has 0 fully saturated rings. The van der Waals surface area contributed by atoms with Gasteiger partial charge >= 0.3 is 5.97 Å². The van der Waals surface area contributed by atoms with Crippen LogP contribution < -0.4 is 4.74 Å². The van der Waals surface area contributed by atoms with Crippen LogP contribution in [0.2, 0.25) is 0 Å². The topological polar surface area (TPSA) is 46.5 Å². The van der Waals surface area contributed by atoms with Gasteiger partial charge in [0, 0.05) is 6.07 Å². The number of carboxylic acids is 1. The van der Waals surface area contributed by atoms with Gasteiger partial charge in [-0.05, 0) is 25.0 Å². The molecular weight excluding hydrogens is 199 g/mol. The zero-order valence-electron chi connectivity index (χ0n) is 8.66. The zero-order chi connectivity index (χ0) is 11.4. The molecular formula is C11H13FO3. The van der Waals surface area contributed by atoms with E-state index >= 15 is 0 Å². The van der Waals surface area contributed by atoms with Crippen molar-refractivity contribution >= 4 is 5.97 Å². The molecule has 0 radical (unpaired) electrons. The number of carbonyl (C=O) groups is 1. The Hall–Kier alpha value is -1.58. The minimum Gasteiger partial charge on any atom is -0.479 e. The van der Waals surface area contributed by atoms with E-state index in [1.807, 2.05) is 0 Å². The maximum atomic E-state index is 12.9. The van der Waals surface area contributed by atoms with Gasteiger partial charge in [0.15, 0.2) is 6.10 Å². The summed E-state index contributed by atoms with van der Waals surface area (Å²) in [6.45, 7) is 3.44. The van der Waals surface area contributed by atoms with Crippen molar-refractivity contribution in [2.24, 2.45) is 0 Å². The molecule has 4 heteroatoms. The zero-order valence-corrected chi connectivity index (χ0v) is 8.66. The molecule has 3 nitrogen and oxygen atoms in total. The molecule has 0 aliphatic carbocycles.